The molecule has 18 heavy (non-hydrogen) atoms. The molecule has 0 spiro atoms. The summed E-state index contributed by atoms with van der Waals surface area (Å²) in [5.41, 5.74) is 0.780. The normalized spacial score (nSPS) is 10.4. The molecule has 0 atom stereocenters. The van der Waals surface area contributed by atoms with Crippen LogP contribution >= 0.6 is 11.6 Å². The second-order valence-corrected chi connectivity index (χ2v) is 4.30. The molecule has 0 saturated carbocycles. The minimum atomic E-state index is -0.535. The summed E-state index contributed by atoms with van der Waals surface area (Å²) in [5, 5.41) is 0.0285. The summed E-state index contributed by atoms with van der Waals surface area (Å²) in [6.07, 6.45) is 0. The summed E-state index contributed by atoms with van der Waals surface area (Å²) >= 11 is 5.65. The second kappa shape index (κ2) is 5.36. The first-order valence-corrected chi connectivity index (χ1v) is 5.78. The van der Waals surface area contributed by atoms with Gasteiger partial charge in [-0.15, -0.1) is 0 Å². The number of rotatable bonds is 3. The summed E-state index contributed by atoms with van der Waals surface area (Å²) < 4.78 is 32.5. The lowest BCUT2D eigenvalue weighted by Crippen LogP contribution is -2.01. The maximum Gasteiger partial charge on any atom is 0.167 e. The Bertz CT molecular complexity index is 518. The first-order valence-electron chi connectivity index (χ1n) is 5.40. The van der Waals surface area contributed by atoms with Gasteiger partial charge < -0.3 is 4.74 Å². The van der Waals surface area contributed by atoms with Gasteiger partial charge in [-0.25, -0.2) is 8.78 Å². The molecule has 2 aromatic carbocycles. The minimum absolute atomic E-state index is 0.0285. The van der Waals surface area contributed by atoms with Crippen LogP contribution in [0.25, 0.3) is 0 Å². The van der Waals surface area contributed by atoms with Crippen LogP contribution in [0.2, 0.25) is 5.02 Å². The molecule has 0 radical (unpaired) electrons. The summed E-state index contributed by atoms with van der Waals surface area (Å²) in [5.74, 6) is -0.860. The number of benzene rings is 2. The first kappa shape index (κ1) is 12.8. The molecule has 0 amide bonds. The topological polar surface area (TPSA) is 9.23 Å². The van der Waals surface area contributed by atoms with Crippen LogP contribution in [0.1, 0.15) is 11.1 Å². The van der Waals surface area contributed by atoms with Gasteiger partial charge in [-0.3, -0.25) is 0 Å². The summed E-state index contributed by atoms with van der Waals surface area (Å²) in [4.78, 5) is 0. The van der Waals surface area contributed by atoms with E-state index in [9.17, 15) is 8.78 Å². The quantitative estimate of drug-likeness (QED) is 0.796. The molecule has 94 valence electrons. The van der Waals surface area contributed by atoms with Gasteiger partial charge in [0.25, 0.3) is 0 Å². The van der Waals surface area contributed by atoms with E-state index in [0.717, 1.165) is 0 Å². The Kier molecular flexibility index (Phi) is 3.82. The Morgan fingerprint density at radius 1 is 1.06 bits per heavy atom. The molecule has 1 nitrogen and oxygen atoms in total. The van der Waals surface area contributed by atoms with Gasteiger partial charge in [0.15, 0.2) is 11.6 Å². The molecule has 0 unspecified atom stereocenters. The average molecular weight is 269 g/mol. The summed E-state index contributed by atoms with van der Waals surface area (Å²) in [7, 11) is 0. The van der Waals surface area contributed by atoms with E-state index in [1.807, 2.05) is 0 Å². The highest BCUT2D eigenvalue weighted by molar-refractivity contribution is 6.30. The zero-order chi connectivity index (χ0) is 13.1. The van der Waals surface area contributed by atoms with E-state index in [0.29, 0.717) is 11.1 Å². The standard InChI is InChI=1S/C14H11ClF2O/c1-9-4-2-7-12(13(9)16)18-8-10-5-3-6-11(15)14(10)17/h2-7H,8H2,1H3. The molecule has 0 N–H and O–H groups in total. The highest BCUT2D eigenvalue weighted by atomic mass is 35.5. The van der Waals surface area contributed by atoms with Gasteiger partial charge in [0.05, 0.1) is 5.02 Å². The fourth-order valence-corrected chi connectivity index (χ4v) is 1.74. The Labute approximate surface area is 109 Å². The summed E-state index contributed by atoms with van der Waals surface area (Å²) in [6.45, 7) is 1.58. The van der Waals surface area contributed by atoms with Crippen LogP contribution in [-0.2, 0) is 6.61 Å². The number of aryl methyl sites for hydroxylation is 1. The molecule has 2 aromatic rings. The third kappa shape index (κ3) is 2.62. The Morgan fingerprint density at radius 2 is 1.78 bits per heavy atom. The number of hydrogen-bond acceptors (Lipinski definition) is 1. The maximum absolute atomic E-state index is 13.6. The predicted molar refractivity (Wildman–Crippen MR) is 66.9 cm³/mol. The Balaban J connectivity index is 2.17. The molecular weight excluding hydrogens is 258 g/mol. The molecule has 0 aliphatic rings. The largest absolute Gasteiger partial charge is 0.486 e. The Hall–Kier alpha value is -1.61. The number of ether oxygens (including phenoxy) is 1. The monoisotopic (exact) mass is 268 g/mol. The minimum Gasteiger partial charge on any atom is -0.486 e. The van der Waals surface area contributed by atoms with E-state index < -0.39 is 11.6 Å². The van der Waals surface area contributed by atoms with Gasteiger partial charge in [-0.2, -0.15) is 0 Å². The molecule has 2 rings (SSSR count). The van der Waals surface area contributed by atoms with E-state index in [1.54, 1.807) is 31.2 Å². The first-order chi connectivity index (χ1) is 8.59. The van der Waals surface area contributed by atoms with E-state index in [1.165, 1.54) is 12.1 Å². The smallest absolute Gasteiger partial charge is 0.167 e. The van der Waals surface area contributed by atoms with E-state index in [4.69, 9.17) is 16.3 Å². The third-order valence-electron chi connectivity index (χ3n) is 2.57. The lowest BCUT2D eigenvalue weighted by molar-refractivity contribution is 0.284. The van der Waals surface area contributed by atoms with Gasteiger partial charge in [-0.1, -0.05) is 35.9 Å². The highest BCUT2D eigenvalue weighted by Crippen LogP contribution is 2.23. The zero-order valence-corrected chi connectivity index (χ0v) is 10.5. The van der Waals surface area contributed by atoms with Gasteiger partial charge in [0.2, 0.25) is 0 Å². The van der Waals surface area contributed by atoms with Crippen LogP contribution in [0, 0.1) is 18.6 Å². The SMILES string of the molecule is Cc1cccc(OCc2cccc(Cl)c2F)c1F. The van der Waals surface area contributed by atoms with Crippen molar-refractivity contribution in [3.05, 3.63) is 64.2 Å². The average Bonchev–Trinajstić information content (AvgIpc) is 2.36. The fourth-order valence-electron chi connectivity index (χ4n) is 1.55. The molecule has 4 heteroatoms. The van der Waals surface area contributed by atoms with Crippen molar-refractivity contribution >= 4 is 11.6 Å². The van der Waals surface area contributed by atoms with Crippen LogP contribution < -0.4 is 4.74 Å². The molecule has 0 aliphatic heterocycles. The van der Waals surface area contributed by atoms with Gasteiger partial charge in [0.1, 0.15) is 12.4 Å². The zero-order valence-electron chi connectivity index (χ0n) is 9.71. The van der Waals surface area contributed by atoms with E-state index in [2.05, 4.69) is 0 Å². The van der Waals surface area contributed by atoms with Crippen molar-refractivity contribution in [2.75, 3.05) is 0 Å². The number of halogens is 3. The molecule has 0 fully saturated rings. The Morgan fingerprint density at radius 3 is 2.56 bits per heavy atom. The van der Waals surface area contributed by atoms with Crippen molar-refractivity contribution in [1.29, 1.82) is 0 Å². The van der Waals surface area contributed by atoms with Gasteiger partial charge >= 0.3 is 0 Å². The van der Waals surface area contributed by atoms with Crippen molar-refractivity contribution in [3.8, 4) is 5.75 Å². The highest BCUT2D eigenvalue weighted by Gasteiger charge is 2.09. The summed E-state index contributed by atoms with van der Waals surface area (Å²) in [6, 6.07) is 9.45. The van der Waals surface area contributed by atoms with E-state index in [-0.39, 0.29) is 17.4 Å². The van der Waals surface area contributed by atoms with Crippen LogP contribution in [-0.4, -0.2) is 0 Å². The number of hydrogen-bond donors (Lipinski definition) is 0. The maximum atomic E-state index is 13.6. The third-order valence-corrected chi connectivity index (χ3v) is 2.86. The van der Waals surface area contributed by atoms with Crippen molar-refractivity contribution in [2.45, 2.75) is 13.5 Å². The lowest BCUT2D eigenvalue weighted by atomic mass is 10.2. The van der Waals surface area contributed by atoms with Crippen molar-refractivity contribution in [3.63, 3.8) is 0 Å². The lowest BCUT2D eigenvalue weighted by Gasteiger charge is -2.09. The molecule has 0 saturated heterocycles. The molecule has 0 aromatic heterocycles. The molecule has 0 bridgehead atoms. The van der Waals surface area contributed by atoms with Crippen LogP contribution in [0.4, 0.5) is 8.78 Å². The fraction of sp³-hybridized carbons (Fsp3) is 0.143. The molecular formula is C14H11ClF2O. The second-order valence-electron chi connectivity index (χ2n) is 3.89. The van der Waals surface area contributed by atoms with Crippen molar-refractivity contribution < 1.29 is 13.5 Å². The molecule has 0 aliphatic carbocycles. The van der Waals surface area contributed by atoms with Crippen LogP contribution in [0.5, 0.6) is 5.75 Å². The van der Waals surface area contributed by atoms with Crippen LogP contribution in [0.15, 0.2) is 36.4 Å². The van der Waals surface area contributed by atoms with Crippen LogP contribution in [0.3, 0.4) is 0 Å². The van der Waals surface area contributed by atoms with Gasteiger partial charge in [0, 0.05) is 5.56 Å². The van der Waals surface area contributed by atoms with Crippen molar-refractivity contribution in [2.24, 2.45) is 0 Å². The molecule has 0 heterocycles. The van der Waals surface area contributed by atoms with Crippen molar-refractivity contribution in [1.82, 2.24) is 0 Å². The predicted octanol–water partition coefficient (Wildman–Crippen LogP) is 4.51. The van der Waals surface area contributed by atoms with Gasteiger partial charge in [-0.05, 0) is 24.6 Å². The van der Waals surface area contributed by atoms with E-state index >= 15 is 0 Å².